The third-order valence-corrected chi connectivity index (χ3v) is 4.28. The van der Waals surface area contributed by atoms with Crippen molar-refractivity contribution in [3.05, 3.63) is 44.9 Å². The van der Waals surface area contributed by atoms with Crippen molar-refractivity contribution in [1.29, 1.82) is 0 Å². The molecule has 1 aliphatic rings. The van der Waals surface area contributed by atoms with E-state index in [0.717, 1.165) is 23.1 Å². The second-order valence-electron chi connectivity index (χ2n) is 5.16. The Morgan fingerprint density at radius 2 is 2.30 bits per heavy atom. The van der Waals surface area contributed by atoms with E-state index in [4.69, 9.17) is 5.73 Å². The van der Waals surface area contributed by atoms with Crippen molar-refractivity contribution in [3.8, 4) is 0 Å². The summed E-state index contributed by atoms with van der Waals surface area (Å²) >= 11 is 3.36. The van der Waals surface area contributed by atoms with Crippen LogP contribution in [-0.4, -0.2) is 33.4 Å². The highest BCUT2D eigenvalue weighted by atomic mass is 79.9. The lowest BCUT2D eigenvalue weighted by Gasteiger charge is -2.22. The molecule has 1 unspecified atom stereocenters. The van der Waals surface area contributed by atoms with E-state index in [1.54, 1.807) is 16.7 Å². The first-order chi connectivity index (χ1) is 9.67. The number of aromatic nitrogens is 2. The predicted molar refractivity (Wildman–Crippen MR) is 81.6 cm³/mol. The third kappa shape index (κ3) is 2.63. The summed E-state index contributed by atoms with van der Waals surface area (Å²) in [4.78, 5) is 19.0. The lowest BCUT2D eigenvalue weighted by molar-refractivity contribution is 0.247. The Hall–Kier alpha value is -1.24. The summed E-state index contributed by atoms with van der Waals surface area (Å²) in [6.07, 6.45) is 4.05. The first-order valence-electron chi connectivity index (χ1n) is 6.79. The van der Waals surface area contributed by atoms with Crippen LogP contribution in [0, 0.1) is 0 Å². The molecule has 2 aromatic rings. The van der Waals surface area contributed by atoms with E-state index in [9.17, 15) is 4.79 Å². The maximum atomic E-state index is 12.1. The highest BCUT2D eigenvalue weighted by Crippen LogP contribution is 2.18. The molecule has 2 N–H and O–H groups in total. The van der Waals surface area contributed by atoms with Gasteiger partial charge in [-0.15, -0.1) is 0 Å². The van der Waals surface area contributed by atoms with Gasteiger partial charge in [0.1, 0.15) is 5.65 Å². The molecule has 6 heteroatoms. The van der Waals surface area contributed by atoms with Gasteiger partial charge in [0.25, 0.3) is 5.56 Å². The van der Waals surface area contributed by atoms with E-state index in [1.165, 1.54) is 6.42 Å². The van der Waals surface area contributed by atoms with Gasteiger partial charge in [-0.05, 0) is 47.4 Å². The number of likely N-dealkylation sites (tertiary alicyclic amines) is 1. The Morgan fingerprint density at radius 3 is 3.10 bits per heavy atom. The van der Waals surface area contributed by atoms with E-state index in [0.29, 0.717) is 24.8 Å². The number of rotatable bonds is 3. The monoisotopic (exact) mass is 336 g/mol. The number of pyridine rings is 1. The second-order valence-corrected chi connectivity index (χ2v) is 6.08. The first-order valence-corrected chi connectivity index (χ1v) is 7.58. The third-order valence-electron chi connectivity index (χ3n) is 3.81. The van der Waals surface area contributed by atoms with Gasteiger partial charge in [-0.2, -0.15) is 0 Å². The molecule has 3 heterocycles. The normalized spacial score (nSPS) is 19.8. The number of nitrogens with two attached hydrogens (primary N) is 1. The van der Waals surface area contributed by atoms with Crippen LogP contribution in [0.4, 0.5) is 0 Å². The van der Waals surface area contributed by atoms with E-state index < -0.39 is 0 Å². The number of halogens is 1. The van der Waals surface area contributed by atoms with Crippen LogP contribution < -0.4 is 11.3 Å². The molecule has 0 aromatic carbocycles. The lowest BCUT2D eigenvalue weighted by atomic mass is 10.2. The molecule has 3 rings (SSSR count). The van der Waals surface area contributed by atoms with Crippen LogP contribution in [0.1, 0.15) is 18.5 Å². The Labute approximate surface area is 125 Å². The van der Waals surface area contributed by atoms with Gasteiger partial charge in [-0.1, -0.05) is 0 Å². The van der Waals surface area contributed by atoms with Crippen molar-refractivity contribution in [1.82, 2.24) is 14.3 Å². The zero-order valence-corrected chi connectivity index (χ0v) is 12.7. The molecule has 106 valence electrons. The van der Waals surface area contributed by atoms with Crippen LogP contribution in [-0.2, 0) is 6.54 Å². The van der Waals surface area contributed by atoms with Crippen molar-refractivity contribution >= 4 is 21.6 Å². The lowest BCUT2D eigenvalue weighted by Crippen LogP contribution is -2.35. The van der Waals surface area contributed by atoms with Crippen LogP contribution in [0.3, 0.4) is 0 Å². The van der Waals surface area contributed by atoms with Gasteiger partial charge in [0.15, 0.2) is 0 Å². The molecule has 0 spiro atoms. The maximum Gasteiger partial charge on any atom is 0.258 e. The predicted octanol–water partition coefficient (Wildman–Crippen LogP) is 1.38. The Morgan fingerprint density at radius 1 is 1.45 bits per heavy atom. The van der Waals surface area contributed by atoms with Crippen LogP contribution in [0.15, 0.2) is 33.7 Å². The molecule has 0 aliphatic carbocycles. The highest BCUT2D eigenvalue weighted by molar-refractivity contribution is 9.10. The Bertz CT molecular complexity index is 684. The molecule has 5 nitrogen and oxygen atoms in total. The van der Waals surface area contributed by atoms with Crippen molar-refractivity contribution in [3.63, 3.8) is 0 Å². The van der Waals surface area contributed by atoms with Crippen molar-refractivity contribution in [2.45, 2.75) is 25.4 Å². The van der Waals surface area contributed by atoms with Gasteiger partial charge < -0.3 is 5.73 Å². The molecule has 0 amide bonds. The maximum absolute atomic E-state index is 12.1. The second kappa shape index (κ2) is 5.63. The molecule has 1 atom stereocenters. The summed E-state index contributed by atoms with van der Waals surface area (Å²) in [6, 6.07) is 5.77. The Kier molecular flexibility index (Phi) is 3.87. The quantitative estimate of drug-likeness (QED) is 0.919. The number of fused-ring (bicyclic) bond motifs is 1. The fourth-order valence-electron chi connectivity index (χ4n) is 2.79. The SMILES string of the molecule is NCC1CCCN1Cc1cc(=O)n2cc(Br)ccc2n1. The van der Waals surface area contributed by atoms with Crippen LogP contribution in [0.2, 0.25) is 0 Å². The number of nitrogens with zero attached hydrogens (tertiary/aromatic N) is 3. The number of hydrogen-bond acceptors (Lipinski definition) is 4. The molecule has 1 fully saturated rings. The summed E-state index contributed by atoms with van der Waals surface area (Å²) in [7, 11) is 0. The van der Waals surface area contributed by atoms with Gasteiger partial charge in [0.05, 0.1) is 5.69 Å². The van der Waals surface area contributed by atoms with Crippen molar-refractivity contribution < 1.29 is 0 Å². The zero-order valence-electron chi connectivity index (χ0n) is 11.1. The highest BCUT2D eigenvalue weighted by Gasteiger charge is 2.23. The molecule has 1 aliphatic heterocycles. The fourth-order valence-corrected chi connectivity index (χ4v) is 3.12. The molecule has 0 radical (unpaired) electrons. The zero-order chi connectivity index (χ0) is 14.1. The van der Waals surface area contributed by atoms with Crippen molar-refractivity contribution in [2.24, 2.45) is 5.73 Å². The molecule has 0 saturated carbocycles. The van der Waals surface area contributed by atoms with Gasteiger partial charge in [-0.3, -0.25) is 14.1 Å². The van der Waals surface area contributed by atoms with E-state index in [1.807, 2.05) is 12.1 Å². The average Bonchev–Trinajstić information content (AvgIpc) is 2.87. The summed E-state index contributed by atoms with van der Waals surface area (Å²) in [6.45, 7) is 2.40. The standard InChI is InChI=1S/C14H17BrN4O/c15-10-3-4-13-17-11(6-14(20)19(13)8-10)9-18-5-1-2-12(18)7-16/h3-4,6,8,12H,1-2,5,7,9,16H2. The average molecular weight is 337 g/mol. The van der Waals surface area contributed by atoms with E-state index in [-0.39, 0.29) is 5.56 Å². The summed E-state index contributed by atoms with van der Waals surface area (Å²) in [5, 5.41) is 0. The van der Waals surface area contributed by atoms with Gasteiger partial charge in [0.2, 0.25) is 0 Å². The largest absolute Gasteiger partial charge is 0.329 e. The minimum absolute atomic E-state index is 0.0465. The molecule has 0 bridgehead atoms. The topological polar surface area (TPSA) is 63.6 Å². The van der Waals surface area contributed by atoms with E-state index in [2.05, 4.69) is 25.8 Å². The van der Waals surface area contributed by atoms with Crippen LogP contribution >= 0.6 is 15.9 Å². The van der Waals surface area contributed by atoms with Crippen molar-refractivity contribution in [2.75, 3.05) is 13.1 Å². The van der Waals surface area contributed by atoms with Gasteiger partial charge in [-0.25, -0.2) is 4.98 Å². The molecular weight excluding hydrogens is 320 g/mol. The fraction of sp³-hybridized carbons (Fsp3) is 0.429. The molecular formula is C14H17BrN4O. The Balaban J connectivity index is 1.93. The number of hydrogen-bond donors (Lipinski definition) is 1. The minimum atomic E-state index is -0.0465. The van der Waals surface area contributed by atoms with E-state index >= 15 is 0 Å². The van der Waals surface area contributed by atoms with Crippen LogP contribution in [0.5, 0.6) is 0 Å². The summed E-state index contributed by atoms with van der Waals surface area (Å²) in [5.41, 5.74) is 7.23. The van der Waals surface area contributed by atoms with Gasteiger partial charge >= 0.3 is 0 Å². The molecule has 1 saturated heterocycles. The van der Waals surface area contributed by atoms with Gasteiger partial charge in [0, 0.05) is 35.9 Å². The summed E-state index contributed by atoms with van der Waals surface area (Å²) < 4.78 is 2.42. The summed E-state index contributed by atoms with van der Waals surface area (Å²) in [5.74, 6) is 0. The van der Waals surface area contributed by atoms with Crippen LogP contribution in [0.25, 0.3) is 5.65 Å². The minimum Gasteiger partial charge on any atom is -0.329 e. The molecule has 20 heavy (non-hydrogen) atoms. The smallest absolute Gasteiger partial charge is 0.258 e. The first kappa shape index (κ1) is 13.7. The molecule has 2 aromatic heterocycles.